The summed E-state index contributed by atoms with van der Waals surface area (Å²) in [6.45, 7) is 6.19. The van der Waals surface area contributed by atoms with Crippen molar-refractivity contribution in [1.29, 1.82) is 0 Å². The molecule has 148 valence electrons. The number of hydrogen-bond donors (Lipinski definition) is 0. The summed E-state index contributed by atoms with van der Waals surface area (Å²) >= 11 is 6.17. The maximum atomic E-state index is 13.1. The van der Waals surface area contributed by atoms with Gasteiger partial charge >= 0.3 is 0 Å². The first-order chi connectivity index (χ1) is 13.3. The van der Waals surface area contributed by atoms with Gasteiger partial charge in [-0.15, -0.1) is 0 Å². The molecule has 0 aromatic heterocycles. The van der Waals surface area contributed by atoms with Gasteiger partial charge in [-0.1, -0.05) is 54.1 Å². The lowest BCUT2D eigenvalue weighted by Crippen LogP contribution is -2.54. The molecule has 0 spiro atoms. The van der Waals surface area contributed by atoms with Crippen LogP contribution in [0.5, 0.6) is 5.75 Å². The average molecular weight is 400 g/mol. The van der Waals surface area contributed by atoms with E-state index in [2.05, 4.69) is 0 Å². The van der Waals surface area contributed by atoms with Crippen molar-refractivity contribution in [3.63, 3.8) is 0 Å². The van der Waals surface area contributed by atoms with Crippen molar-refractivity contribution in [3.8, 4) is 5.75 Å². The first-order valence-electron chi connectivity index (χ1n) is 9.56. The van der Waals surface area contributed by atoms with Crippen molar-refractivity contribution in [3.05, 3.63) is 65.2 Å². The molecule has 0 N–H and O–H groups in total. The number of piperidine rings is 1. The molecule has 0 atom stereocenters. The normalized spacial score (nSPS) is 16.5. The molecule has 0 radical (unpaired) electrons. The van der Waals surface area contributed by atoms with Crippen LogP contribution >= 0.6 is 11.6 Å². The molecular formula is C23H26ClNO3. The fraction of sp³-hybridized carbons (Fsp3) is 0.391. The third-order valence-corrected chi connectivity index (χ3v) is 5.93. The molecule has 1 amide bonds. The molecule has 1 heterocycles. The highest BCUT2D eigenvalue weighted by Crippen LogP contribution is 2.37. The number of amides is 1. The highest BCUT2D eigenvalue weighted by Gasteiger charge is 2.44. The third kappa shape index (κ3) is 3.93. The number of halogens is 1. The summed E-state index contributed by atoms with van der Waals surface area (Å²) < 4.78 is 5.94. The molecular weight excluding hydrogens is 374 g/mol. The summed E-state index contributed by atoms with van der Waals surface area (Å²) in [5, 5.41) is 0.474. The molecule has 0 unspecified atom stereocenters. The van der Waals surface area contributed by atoms with Crippen LogP contribution in [0, 0.1) is 0 Å². The summed E-state index contributed by atoms with van der Waals surface area (Å²) in [7, 11) is 0. The number of para-hydroxylation sites is 1. The number of nitrogens with zero attached hydrogens (tertiary/aromatic N) is 1. The highest BCUT2D eigenvalue weighted by molar-refractivity contribution is 6.32. The largest absolute Gasteiger partial charge is 0.476 e. The van der Waals surface area contributed by atoms with Crippen LogP contribution in [-0.2, 0) is 15.0 Å². The fourth-order valence-corrected chi connectivity index (χ4v) is 4.09. The Morgan fingerprint density at radius 3 is 2.14 bits per heavy atom. The lowest BCUT2D eigenvalue weighted by molar-refractivity contribution is -0.148. The SMILES string of the molecule is CC(=O)C1(c2ccccc2)CCN(C(=O)C(C)(C)Oc2ccccc2Cl)CC1. The van der Waals surface area contributed by atoms with E-state index in [1.165, 1.54) is 0 Å². The predicted octanol–water partition coefficient (Wildman–Crippen LogP) is 4.65. The predicted molar refractivity (Wildman–Crippen MR) is 111 cm³/mol. The molecule has 1 aliphatic rings. The zero-order valence-corrected chi connectivity index (χ0v) is 17.3. The highest BCUT2D eigenvalue weighted by atomic mass is 35.5. The van der Waals surface area contributed by atoms with E-state index < -0.39 is 11.0 Å². The summed E-state index contributed by atoms with van der Waals surface area (Å²) in [6, 6.07) is 17.0. The van der Waals surface area contributed by atoms with Crippen molar-refractivity contribution in [1.82, 2.24) is 4.90 Å². The maximum absolute atomic E-state index is 13.1. The van der Waals surface area contributed by atoms with Gasteiger partial charge in [0.25, 0.3) is 5.91 Å². The van der Waals surface area contributed by atoms with Crippen molar-refractivity contribution in [2.24, 2.45) is 0 Å². The van der Waals surface area contributed by atoms with Gasteiger partial charge in [-0.3, -0.25) is 9.59 Å². The summed E-state index contributed by atoms with van der Waals surface area (Å²) in [5.74, 6) is 0.539. The second-order valence-electron chi connectivity index (χ2n) is 7.84. The van der Waals surface area contributed by atoms with Gasteiger partial charge in [0.15, 0.2) is 5.60 Å². The minimum Gasteiger partial charge on any atom is -0.476 e. The molecule has 4 nitrogen and oxygen atoms in total. The van der Waals surface area contributed by atoms with Crippen molar-refractivity contribution in [2.45, 2.75) is 44.6 Å². The van der Waals surface area contributed by atoms with E-state index in [9.17, 15) is 9.59 Å². The zero-order chi connectivity index (χ0) is 20.4. The van der Waals surface area contributed by atoms with Gasteiger partial charge < -0.3 is 9.64 Å². The third-order valence-electron chi connectivity index (χ3n) is 5.62. The number of carbonyl (C=O) groups is 2. The van der Waals surface area contributed by atoms with Crippen molar-refractivity contribution in [2.75, 3.05) is 13.1 Å². The Morgan fingerprint density at radius 2 is 1.57 bits per heavy atom. The molecule has 1 aliphatic heterocycles. The summed E-state index contributed by atoms with van der Waals surface area (Å²) in [5.41, 5.74) is -0.541. The van der Waals surface area contributed by atoms with Gasteiger partial charge in [-0.2, -0.15) is 0 Å². The Balaban J connectivity index is 1.74. The first kappa shape index (κ1) is 20.4. The fourth-order valence-electron chi connectivity index (χ4n) is 3.92. The van der Waals surface area contributed by atoms with Crippen LogP contribution < -0.4 is 4.74 Å². The number of ketones is 1. The Kier molecular flexibility index (Phi) is 5.80. The number of ether oxygens (including phenoxy) is 1. The zero-order valence-electron chi connectivity index (χ0n) is 16.6. The molecule has 1 saturated heterocycles. The van der Waals surface area contributed by atoms with Crippen molar-refractivity contribution < 1.29 is 14.3 Å². The van der Waals surface area contributed by atoms with Crippen LogP contribution in [0.25, 0.3) is 0 Å². The number of benzene rings is 2. The van der Waals surface area contributed by atoms with Crippen LogP contribution in [0.15, 0.2) is 54.6 Å². The van der Waals surface area contributed by atoms with Crippen LogP contribution in [-0.4, -0.2) is 35.3 Å². The molecule has 1 fully saturated rings. The first-order valence-corrected chi connectivity index (χ1v) is 9.93. The molecule has 0 aliphatic carbocycles. The second-order valence-corrected chi connectivity index (χ2v) is 8.25. The Hall–Kier alpha value is -2.33. The van der Waals surface area contributed by atoms with Crippen LogP contribution in [0.2, 0.25) is 5.02 Å². The van der Waals surface area contributed by atoms with E-state index in [4.69, 9.17) is 16.3 Å². The second kappa shape index (κ2) is 7.96. The van der Waals surface area contributed by atoms with E-state index in [1.807, 2.05) is 42.5 Å². The van der Waals surface area contributed by atoms with E-state index in [0.29, 0.717) is 36.7 Å². The number of rotatable bonds is 5. The molecule has 28 heavy (non-hydrogen) atoms. The van der Waals surface area contributed by atoms with Gasteiger partial charge in [0, 0.05) is 13.1 Å². The lowest BCUT2D eigenvalue weighted by atomic mass is 9.70. The number of likely N-dealkylation sites (tertiary alicyclic amines) is 1. The Morgan fingerprint density at radius 1 is 1.00 bits per heavy atom. The quantitative estimate of drug-likeness (QED) is 0.735. The van der Waals surface area contributed by atoms with E-state index in [1.54, 1.807) is 37.8 Å². The van der Waals surface area contributed by atoms with Gasteiger partial charge in [-0.05, 0) is 51.3 Å². The van der Waals surface area contributed by atoms with Crippen LogP contribution in [0.4, 0.5) is 0 Å². The van der Waals surface area contributed by atoms with Gasteiger partial charge in [0.2, 0.25) is 0 Å². The minimum absolute atomic E-state index is 0.0994. The number of Topliss-reactive ketones (excluding diaryl/α,β-unsaturated/α-hetero) is 1. The summed E-state index contributed by atoms with van der Waals surface area (Å²) in [4.78, 5) is 27.4. The van der Waals surface area contributed by atoms with Crippen LogP contribution in [0.1, 0.15) is 39.2 Å². The van der Waals surface area contributed by atoms with E-state index in [-0.39, 0.29) is 11.7 Å². The molecule has 0 bridgehead atoms. The Labute approximate surface area is 171 Å². The number of hydrogen-bond acceptors (Lipinski definition) is 3. The minimum atomic E-state index is -1.05. The topological polar surface area (TPSA) is 46.6 Å². The van der Waals surface area contributed by atoms with Gasteiger partial charge in [0.05, 0.1) is 10.4 Å². The molecule has 2 aromatic rings. The van der Waals surface area contributed by atoms with E-state index >= 15 is 0 Å². The molecule has 3 rings (SSSR count). The smallest absolute Gasteiger partial charge is 0.266 e. The number of carbonyl (C=O) groups excluding carboxylic acids is 2. The van der Waals surface area contributed by atoms with E-state index in [0.717, 1.165) is 5.56 Å². The lowest BCUT2D eigenvalue weighted by Gasteiger charge is -2.42. The monoisotopic (exact) mass is 399 g/mol. The van der Waals surface area contributed by atoms with Crippen molar-refractivity contribution >= 4 is 23.3 Å². The van der Waals surface area contributed by atoms with Gasteiger partial charge in [-0.25, -0.2) is 0 Å². The van der Waals surface area contributed by atoms with Crippen LogP contribution in [0.3, 0.4) is 0 Å². The molecule has 2 aromatic carbocycles. The summed E-state index contributed by atoms with van der Waals surface area (Å²) in [6.07, 6.45) is 1.22. The Bertz CT molecular complexity index is 855. The molecule has 5 heteroatoms. The molecule has 0 saturated carbocycles. The van der Waals surface area contributed by atoms with Gasteiger partial charge in [0.1, 0.15) is 11.5 Å². The standard InChI is InChI=1S/C23H26ClNO3/c1-17(26)23(18-9-5-4-6-10-18)13-15-25(16-14-23)21(27)22(2,3)28-20-12-8-7-11-19(20)24/h4-12H,13-16H2,1-3H3. The maximum Gasteiger partial charge on any atom is 0.266 e. The average Bonchev–Trinajstić information content (AvgIpc) is 2.69.